The molecule has 0 fully saturated rings. The summed E-state index contributed by atoms with van der Waals surface area (Å²) in [6.07, 6.45) is 0. The fourth-order valence-corrected chi connectivity index (χ4v) is 2.46. The Morgan fingerprint density at radius 3 is 2.85 bits per heavy atom. The Hall–Kier alpha value is -2.09. The van der Waals surface area contributed by atoms with Gasteiger partial charge in [-0.25, -0.2) is 4.98 Å². The van der Waals surface area contributed by atoms with Crippen LogP contribution in [-0.4, -0.2) is 9.97 Å². The summed E-state index contributed by atoms with van der Waals surface area (Å²) < 4.78 is 1.10. The minimum Gasteiger partial charge on any atom is -0.399 e. The summed E-state index contributed by atoms with van der Waals surface area (Å²) >= 11 is 2.23. The quantitative estimate of drug-likeness (QED) is 0.473. The molecule has 5 nitrogen and oxygen atoms in total. The molecule has 3 aromatic rings. The van der Waals surface area contributed by atoms with Gasteiger partial charge < -0.3 is 11.1 Å². The molecule has 0 saturated carbocycles. The predicted molar refractivity (Wildman–Crippen MR) is 89.2 cm³/mol. The molecule has 0 aliphatic carbocycles. The van der Waals surface area contributed by atoms with Crippen LogP contribution in [0.1, 0.15) is 0 Å². The molecule has 4 N–H and O–H groups in total. The van der Waals surface area contributed by atoms with Crippen molar-refractivity contribution in [3.05, 3.63) is 56.4 Å². The number of rotatable bonds is 2. The van der Waals surface area contributed by atoms with Crippen molar-refractivity contribution >= 4 is 50.8 Å². The van der Waals surface area contributed by atoms with Crippen LogP contribution in [0.2, 0.25) is 0 Å². The first-order valence-electron chi connectivity index (χ1n) is 5.94. The molecule has 1 aromatic heterocycles. The van der Waals surface area contributed by atoms with E-state index in [1.807, 2.05) is 24.3 Å². The van der Waals surface area contributed by atoms with Crippen molar-refractivity contribution < 1.29 is 0 Å². The predicted octanol–water partition coefficient (Wildman–Crippen LogP) is 2.85. The number of aromatic amines is 1. The number of nitrogens with one attached hydrogen (secondary N) is 2. The lowest BCUT2D eigenvalue weighted by Crippen LogP contribution is -2.11. The van der Waals surface area contributed by atoms with E-state index in [2.05, 4.69) is 37.9 Å². The lowest BCUT2D eigenvalue weighted by atomic mass is 10.2. The van der Waals surface area contributed by atoms with Gasteiger partial charge in [0.1, 0.15) is 0 Å². The van der Waals surface area contributed by atoms with Gasteiger partial charge in [-0.3, -0.25) is 9.78 Å². The van der Waals surface area contributed by atoms with Crippen LogP contribution in [0.25, 0.3) is 10.9 Å². The average molecular weight is 378 g/mol. The van der Waals surface area contributed by atoms with E-state index in [-0.39, 0.29) is 5.56 Å². The van der Waals surface area contributed by atoms with Crippen LogP contribution < -0.4 is 16.6 Å². The van der Waals surface area contributed by atoms with Gasteiger partial charge in [0.25, 0.3) is 5.56 Å². The molecule has 20 heavy (non-hydrogen) atoms. The lowest BCUT2D eigenvalue weighted by molar-refractivity contribution is 1.17. The maximum atomic E-state index is 12.0. The Kier molecular flexibility index (Phi) is 3.31. The number of hydrogen-bond donors (Lipinski definition) is 3. The van der Waals surface area contributed by atoms with Crippen LogP contribution >= 0.6 is 22.6 Å². The monoisotopic (exact) mass is 378 g/mol. The molecule has 0 radical (unpaired) electrons. The number of nitrogen functional groups attached to an aromatic ring is 1. The van der Waals surface area contributed by atoms with Gasteiger partial charge >= 0.3 is 0 Å². The highest BCUT2D eigenvalue weighted by Gasteiger charge is 2.04. The topological polar surface area (TPSA) is 83.8 Å². The fourth-order valence-electron chi connectivity index (χ4n) is 1.92. The van der Waals surface area contributed by atoms with Gasteiger partial charge in [-0.15, -0.1) is 0 Å². The summed E-state index contributed by atoms with van der Waals surface area (Å²) in [4.78, 5) is 19.1. The highest BCUT2D eigenvalue weighted by atomic mass is 127. The molecule has 0 saturated heterocycles. The zero-order valence-corrected chi connectivity index (χ0v) is 12.5. The average Bonchev–Trinajstić information content (AvgIpc) is 2.40. The SMILES string of the molecule is Nc1ccc2nc(Nc3cccc(I)c3)[nH]c(=O)c2c1. The molecule has 2 aromatic carbocycles. The Balaban J connectivity index is 2.05. The van der Waals surface area contributed by atoms with Crippen molar-refractivity contribution in [3.63, 3.8) is 0 Å². The molecule has 0 atom stereocenters. The summed E-state index contributed by atoms with van der Waals surface area (Å²) in [5, 5.41) is 3.57. The summed E-state index contributed by atoms with van der Waals surface area (Å²) in [5.74, 6) is 0.411. The van der Waals surface area contributed by atoms with Crippen molar-refractivity contribution in [2.24, 2.45) is 0 Å². The van der Waals surface area contributed by atoms with Crippen LogP contribution in [0.4, 0.5) is 17.3 Å². The summed E-state index contributed by atoms with van der Waals surface area (Å²) in [6.45, 7) is 0. The molecular formula is C14H11IN4O. The second-order valence-electron chi connectivity index (χ2n) is 4.33. The highest BCUT2D eigenvalue weighted by Crippen LogP contribution is 2.17. The standard InChI is InChI=1S/C14H11IN4O/c15-8-2-1-3-10(6-8)17-14-18-12-5-4-9(16)7-11(12)13(20)19-14/h1-7H,16H2,(H2,17,18,19,20). The maximum Gasteiger partial charge on any atom is 0.260 e. The molecule has 1 heterocycles. The van der Waals surface area contributed by atoms with E-state index < -0.39 is 0 Å². The van der Waals surface area contributed by atoms with Crippen LogP contribution in [0.3, 0.4) is 0 Å². The first-order valence-corrected chi connectivity index (χ1v) is 7.02. The third-order valence-electron chi connectivity index (χ3n) is 2.82. The van der Waals surface area contributed by atoms with Crippen LogP contribution in [0.5, 0.6) is 0 Å². The van der Waals surface area contributed by atoms with Crippen molar-refractivity contribution in [1.29, 1.82) is 0 Å². The zero-order valence-electron chi connectivity index (χ0n) is 10.4. The first kappa shape index (κ1) is 12.9. The first-order chi connectivity index (χ1) is 9.61. The minimum absolute atomic E-state index is 0.213. The van der Waals surface area contributed by atoms with Crippen molar-refractivity contribution in [2.45, 2.75) is 0 Å². The van der Waals surface area contributed by atoms with Crippen LogP contribution in [-0.2, 0) is 0 Å². The van der Waals surface area contributed by atoms with E-state index in [4.69, 9.17) is 5.73 Å². The number of nitrogens with two attached hydrogens (primary N) is 1. The number of H-pyrrole nitrogens is 1. The number of aromatic nitrogens is 2. The van der Waals surface area contributed by atoms with Gasteiger partial charge in [-0.05, 0) is 59.0 Å². The minimum atomic E-state index is -0.213. The van der Waals surface area contributed by atoms with E-state index >= 15 is 0 Å². The normalized spacial score (nSPS) is 10.7. The summed E-state index contributed by atoms with van der Waals surface area (Å²) in [5.41, 5.74) is 7.48. The van der Waals surface area contributed by atoms with Crippen molar-refractivity contribution in [2.75, 3.05) is 11.1 Å². The third-order valence-corrected chi connectivity index (χ3v) is 3.49. The number of fused-ring (bicyclic) bond motifs is 1. The molecule has 6 heteroatoms. The Bertz CT molecular complexity index is 844. The molecule has 100 valence electrons. The molecule has 0 amide bonds. The molecule has 3 rings (SSSR count). The highest BCUT2D eigenvalue weighted by molar-refractivity contribution is 14.1. The fraction of sp³-hybridized carbons (Fsp3) is 0. The van der Waals surface area contributed by atoms with Crippen molar-refractivity contribution in [1.82, 2.24) is 9.97 Å². The second-order valence-corrected chi connectivity index (χ2v) is 5.57. The third kappa shape index (κ3) is 2.60. The number of benzene rings is 2. The van der Waals surface area contributed by atoms with Gasteiger partial charge in [0, 0.05) is 14.9 Å². The van der Waals surface area contributed by atoms with Crippen LogP contribution in [0, 0.1) is 3.57 Å². The Morgan fingerprint density at radius 2 is 2.05 bits per heavy atom. The van der Waals surface area contributed by atoms with Crippen molar-refractivity contribution in [3.8, 4) is 0 Å². The van der Waals surface area contributed by atoms with Gasteiger partial charge in [-0.2, -0.15) is 0 Å². The molecule has 0 unspecified atom stereocenters. The van der Waals surface area contributed by atoms with E-state index in [1.165, 1.54) is 0 Å². The number of hydrogen-bond acceptors (Lipinski definition) is 4. The van der Waals surface area contributed by atoms with Gasteiger partial charge in [-0.1, -0.05) is 6.07 Å². The lowest BCUT2D eigenvalue weighted by Gasteiger charge is -2.07. The molecule has 0 aliphatic rings. The summed E-state index contributed by atoms with van der Waals surface area (Å²) in [7, 11) is 0. The molecule has 0 bridgehead atoms. The largest absolute Gasteiger partial charge is 0.399 e. The number of nitrogens with zero attached hydrogens (tertiary/aromatic N) is 1. The number of anilines is 3. The molecule has 0 aliphatic heterocycles. The Morgan fingerprint density at radius 1 is 1.20 bits per heavy atom. The molecule has 0 spiro atoms. The van der Waals surface area contributed by atoms with Gasteiger partial charge in [0.15, 0.2) is 0 Å². The Labute approximate surface area is 128 Å². The van der Waals surface area contributed by atoms with E-state index in [9.17, 15) is 4.79 Å². The van der Waals surface area contributed by atoms with E-state index in [0.717, 1.165) is 9.26 Å². The smallest absolute Gasteiger partial charge is 0.260 e. The van der Waals surface area contributed by atoms with Gasteiger partial charge in [0.05, 0.1) is 10.9 Å². The number of halogens is 1. The van der Waals surface area contributed by atoms with E-state index in [0.29, 0.717) is 22.5 Å². The summed E-state index contributed by atoms with van der Waals surface area (Å²) in [6, 6.07) is 12.9. The maximum absolute atomic E-state index is 12.0. The van der Waals surface area contributed by atoms with Crippen LogP contribution in [0.15, 0.2) is 47.3 Å². The molecular weight excluding hydrogens is 367 g/mol. The van der Waals surface area contributed by atoms with Gasteiger partial charge in [0.2, 0.25) is 5.95 Å². The second kappa shape index (κ2) is 5.12. The zero-order chi connectivity index (χ0) is 14.1. The van der Waals surface area contributed by atoms with E-state index in [1.54, 1.807) is 18.2 Å².